The van der Waals surface area contributed by atoms with Crippen LogP contribution in [0.4, 0.5) is 4.39 Å². The highest BCUT2D eigenvalue weighted by atomic mass is 19.1. The molecule has 0 aliphatic carbocycles. The van der Waals surface area contributed by atoms with Crippen molar-refractivity contribution in [2.45, 2.75) is 40.3 Å². The van der Waals surface area contributed by atoms with Crippen molar-refractivity contribution >= 4 is 0 Å². The summed E-state index contributed by atoms with van der Waals surface area (Å²) in [6.07, 6.45) is 0. The molecular formula is C18H22FN. The maximum Gasteiger partial charge on any atom is 0.126 e. The fourth-order valence-corrected chi connectivity index (χ4v) is 2.44. The summed E-state index contributed by atoms with van der Waals surface area (Å²) >= 11 is 0. The Morgan fingerprint density at radius 3 is 2.40 bits per heavy atom. The average Bonchev–Trinajstić information content (AvgIpc) is 2.40. The number of aryl methyl sites for hydroxylation is 3. The molecule has 0 aliphatic rings. The monoisotopic (exact) mass is 271 g/mol. The van der Waals surface area contributed by atoms with Crippen LogP contribution in [0, 0.1) is 26.6 Å². The molecule has 20 heavy (non-hydrogen) atoms. The van der Waals surface area contributed by atoms with Gasteiger partial charge in [0, 0.05) is 12.6 Å². The van der Waals surface area contributed by atoms with Crippen molar-refractivity contribution in [3.63, 3.8) is 0 Å². The fraction of sp³-hybridized carbons (Fsp3) is 0.333. The van der Waals surface area contributed by atoms with E-state index in [0.29, 0.717) is 12.1 Å². The Hall–Kier alpha value is -1.67. The molecule has 2 heteroatoms. The third-order valence-electron chi connectivity index (χ3n) is 3.74. The number of nitrogens with one attached hydrogen (secondary N) is 1. The molecule has 2 aromatic rings. The lowest BCUT2D eigenvalue weighted by Crippen LogP contribution is -2.19. The first kappa shape index (κ1) is 14.7. The molecule has 0 heterocycles. The van der Waals surface area contributed by atoms with Gasteiger partial charge in [-0.2, -0.15) is 0 Å². The van der Waals surface area contributed by atoms with Crippen LogP contribution >= 0.6 is 0 Å². The second kappa shape index (κ2) is 6.19. The molecule has 2 rings (SSSR count). The number of benzene rings is 2. The van der Waals surface area contributed by atoms with Gasteiger partial charge in [0.15, 0.2) is 0 Å². The molecule has 1 nitrogen and oxygen atoms in total. The normalized spacial score (nSPS) is 12.4. The van der Waals surface area contributed by atoms with Gasteiger partial charge in [0.25, 0.3) is 0 Å². The Kier molecular flexibility index (Phi) is 4.56. The summed E-state index contributed by atoms with van der Waals surface area (Å²) in [5.41, 5.74) is 5.53. The van der Waals surface area contributed by atoms with Crippen LogP contribution in [0.5, 0.6) is 0 Å². The highest BCUT2D eigenvalue weighted by Gasteiger charge is 2.08. The average molecular weight is 271 g/mol. The second-order valence-corrected chi connectivity index (χ2v) is 5.55. The highest BCUT2D eigenvalue weighted by molar-refractivity contribution is 5.32. The van der Waals surface area contributed by atoms with Crippen LogP contribution in [-0.4, -0.2) is 0 Å². The maximum atomic E-state index is 13.5. The fourth-order valence-electron chi connectivity index (χ4n) is 2.44. The third kappa shape index (κ3) is 3.45. The van der Waals surface area contributed by atoms with E-state index in [4.69, 9.17) is 0 Å². The predicted octanol–water partition coefficient (Wildman–Crippen LogP) is 4.60. The first-order valence-corrected chi connectivity index (χ1v) is 7.03. The topological polar surface area (TPSA) is 12.0 Å². The molecule has 2 aromatic carbocycles. The first-order chi connectivity index (χ1) is 9.47. The number of hydrogen-bond donors (Lipinski definition) is 1. The van der Waals surface area contributed by atoms with Crippen molar-refractivity contribution in [2.75, 3.05) is 0 Å². The third-order valence-corrected chi connectivity index (χ3v) is 3.74. The summed E-state index contributed by atoms with van der Waals surface area (Å²) < 4.78 is 13.5. The van der Waals surface area contributed by atoms with Crippen LogP contribution < -0.4 is 5.32 Å². The first-order valence-electron chi connectivity index (χ1n) is 7.03. The number of rotatable bonds is 4. The van der Waals surface area contributed by atoms with Gasteiger partial charge in [-0.25, -0.2) is 4.39 Å². The van der Waals surface area contributed by atoms with E-state index in [1.165, 1.54) is 16.7 Å². The zero-order chi connectivity index (χ0) is 14.7. The van der Waals surface area contributed by atoms with Crippen LogP contribution in [0.25, 0.3) is 0 Å². The largest absolute Gasteiger partial charge is 0.306 e. The Labute approximate surface area is 120 Å². The second-order valence-electron chi connectivity index (χ2n) is 5.55. The summed E-state index contributed by atoms with van der Waals surface area (Å²) in [4.78, 5) is 0. The van der Waals surface area contributed by atoms with Gasteiger partial charge < -0.3 is 5.32 Å². The van der Waals surface area contributed by atoms with Gasteiger partial charge in [-0.3, -0.25) is 0 Å². The van der Waals surface area contributed by atoms with Crippen molar-refractivity contribution in [1.29, 1.82) is 0 Å². The van der Waals surface area contributed by atoms with Gasteiger partial charge in [-0.05, 0) is 56.0 Å². The Morgan fingerprint density at radius 2 is 1.75 bits per heavy atom. The van der Waals surface area contributed by atoms with Crippen LogP contribution in [0.15, 0.2) is 36.4 Å². The Morgan fingerprint density at radius 1 is 1.00 bits per heavy atom. The van der Waals surface area contributed by atoms with Crippen molar-refractivity contribution in [3.8, 4) is 0 Å². The molecular weight excluding hydrogens is 249 g/mol. The van der Waals surface area contributed by atoms with E-state index < -0.39 is 0 Å². The molecule has 106 valence electrons. The van der Waals surface area contributed by atoms with Gasteiger partial charge >= 0.3 is 0 Å². The van der Waals surface area contributed by atoms with Gasteiger partial charge in [0.2, 0.25) is 0 Å². The van der Waals surface area contributed by atoms with E-state index in [9.17, 15) is 4.39 Å². The Bertz CT molecular complexity index is 604. The molecule has 0 aliphatic heterocycles. The van der Waals surface area contributed by atoms with E-state index >= 15 is 0 Å². The van der Waals surface area contributed by atoms with Crippen LogP contribution in [0.1, 0.15) is 40.8 Å². The van der Waals surface area contributed by atoms with Crippen molar-refractivity contribution in [2.24, 2.45) is 0 Å². The minimum atomic E-state index is -0.136. The molecule has 0 saturated carbocycles. The minimum Gasteiger partial charge on any atom is -0.306 e. The SMILES string of the molecule is Cc1ccc(C(C)NCc2ccc(C)c(F)c2)c(C)c1. The van der Waals surface area contributed by atoms with Crippen LogP contribution in [-0.2, 0) is 6.54 Å². The molecule has 1 atom stereocenters. The minimum absolute atomic E-state index is 0.136. The highest BCUT2D eigenvalue weighted by Crippen LogP contribution is 2.19. The van der Waals surface area contributed by atoms with Gasteiger partial charge in [-0.1, -0.05) is 35.9 Å². The molecule has 0 fully saturated rings. The molecule has 0 radical (unpaired) electrons. The summed E-state index contributed by atoms with van der Waals surface area (Å²) in [6.45, 7) is 8.83. The number of halogens is 1. The molecule has 0 amide bonds. The van der Waals surface area contributed by atoms with Gasteiger partial charge in [-0.15, -0.1) is 0 Å². The van der Waals surface area contributed by atoms with Gasteiger partial charge in [0.1, 0.15) is 5.82 Å². The summed E-state index contributed by atoms with van der Waals surface area (Å²) in [5, 5.41) is 3.46. The summed E-state index contributed by atoms with van der Waals surface area (Å²) in [7, 11) is 0. The van der Waals surface area contributed by atoms with E-state index in [0.717, 1.165) is 5.56 Å². The van der Waals surface area contributed by atoms with Crippen LogP contribution in [0.3, 0.4) is 0 Å². The van der Waals surface area contributed by atoms with E-state index in [1.807, 2.05) is 12.1 Å². The van der Waals surface area contributed by atoms with Crippen LogP contribution in [0.2, 0.25) is 0 Å². The van der Waals surface area contributed by atoms with E-state index in [1.54, 1.807) is 13.0 Å². The van der Waals surface area contributed by atoms with Gasteiger partial charge in [0.05, 0.1) is 0 Å². The predicted molar refractivity (Wildman–Crippen MR) is 82.3 cm³/mol. The summed E-state index contributed by atoms with van der Waals surface area (Å²) in [6, 6.07) is 12.1. The maximum absolute atomic E-state index is 13.5. The number of hydrogen-bond acceptors (Lipinski definition) is 1. The zero-order valence-electron chi connectivity index (χ0n) is 12.6. The molecule has 0 aromatic heterocycles. The van der Waals surface area contributed by atoms with Crippen molar-refractivity contribution in [1.82, 2.24) is 5.32 Å². The van der Waals surface area contributed by atoms with E-state index in [2.05, 4.69) is 44.3 Å². The molecule has 0 bridgehead atoms. The van der Waals surface area contributed by atoms with E-state index in [-0.39, 0.29) is 11.9 Å². The summed E-state index contributed by atoms with van der Waals surface area (Å²) in [5.74, 6) is -0.136. The van der Waals surface area contributed by atoms with Crippen molar-refractivity contribution in [3.05, 3.63) is 70.0 Å². The molecule has 0 spiro atoms. The zero-order valence-corrected chi connectivity index (χ0v) is 12.6. The molecule has 1 N–H and O–H groups in total. The Balaban J connectivity index is 2.04. The molecule has 1 unspecified atom stereocenters. The lowest BCUT2D eigenvalue weighted by Gasteiger charge is -2.17. The lowest BCUT2D eigenvalue weighted by atomic mass is 10.00. The lowest BCUT2D eigenvalue weighted by molar-refractivity contribution is 0.566. The smallest absolute Gasteiger partial charge is 0.126 e. The standard InChI is InChI=1S/C18H22FN/c1-12-5-8-17(14(3)9-12)15(4)20-11-16-7-6-13(2)18(19)10-16/h5-10,15,20H,11H2,1-4H3. The van der Waals surface area contributed by atoms with Crippen molar-refractivity contribution < 1.29 is 4.39 Å². The molecule has 0 saturated heterocycles. The quantitative estimate of drug-likeness (QED) is 0.856.